The molecule has 22 heavy (non-hydrogen) atoms. The molecule has 0 aromatic heterocycles. The Kier molecular flexibility index (Phi) is 2.69. The van der Waals surface area contributed by atoms with Gasteiger partial charge in [-0.15, -0.1) is 0 Å². The Hall–Kier alpha value is -0.300. The molecular formula is C21H32O. The number of rotatable bonds is 0. The third-order valence-corrected chi connectivity index (χ3v) is 9.47. The van der Waals surface area contributed by atoms with E-state index in [-0.39, 0.29) is 6.10 Å². The monoisotopic (exact) mass is 300 g/mol. The van der Waals surface area contributed by atoms with E-state index in [4.69, 9.17) is 0 Å². The highest BCUT2D eigenvalue weighted by atomic mass is 16.3. The topological polar surface area (TPSA) is 20.2 Å². The van der Waals surface area contributed by atoms with E-state index in [1.54, 1.807) is 5.57 Å². The number of fused-ring (bicyclic) bond motifs is 6. The van der Waals surface area contributed by atoms with Crippen molar-refractivity contribution in [2.75, 3.05) is 0 Å². The summed E-state index contributed by atoms with van der Waals surface area (Å²) in [7, 11) is 0. The van der Waals surface area contributed by atoms with Crippen LogP contribution >= 0.6 is 0 Å². The van der Waals surface area contributed by atoms with Crippen LogP contribution in [0.5, 0.6) is 0 Å². The molecule has 5 aliphatic rings. The van der Waals surface area contributed by atoms with Crippen molar-refractivity contribution in [3.8, 4) is 0 Å². The highest BCUT2D eigenvalue weighted by molar-refractivity contribution is 5.26. The Labute approximate surface area is 135 Å². The summed E-state index contributed by atoms with van der Waals surface area (Å²) < 4.78 is 0. The highest BCUT2D eigenvalue weighted by Gasteiger charge is 2.67. The lowest BCUT2D eigenvalue weighted by Gasteiger charge is -2.58. The van der Waals surface area contributed by atoms with Gasteiger partial charge in [0, 0.05) is 0 Å². The van der Waals surface area contributed by atoms with E-state index in [9.17, 15) is 5.11 Å². The molecule has 1 N–H and O–H groups in total. The van der Waals surface area contributed by atoms with E-state index >= 15 is 0 Å². The van der Waals surface area contributed by atoms with Crippen LogP contribution in [-0.4, -0.2) is 11.2 Å². The van der Waals surface area contributed by atoms with Gasteiger partial charge in [0.05, 0.1) is 6.10 Å². The van der Waals surface area contributed by atoms with Crippen molar-refractivity contribution in [1.82, 2.24) is 0 Å². The van der Waals surface area contributed by atoms with E-state index < -0.39 is 0 Å². The fourth-order valence-corrected chi connectivity index (χ4v) is 7.84. The van der Waals surface area contributed by atoms with Crippen molar-refractivity contribution in [1.29, 1.82) is 0 Å². The molecule has 6 atom stereocenters. The fourth-order valence-electron chi connectivity index (χ4n) is 7.84. The Balaban J connectivity index is 1.51. The molecule has 0 bridgehead atoms. The van der Waals surface area contributed by atoms with Crippen LogP contribution < -0.4 is 0 Å². The lowest BCUT2D eigenvalue weighted by Crippen LogP contribution is -2.50. The van der Waals surface area contributed by atoms with Crippen LogP contribution in [0.3, 0.4) is 0 Å². The molecular weight excluding hydrogens is 268 g/mol. The third kappa shape index (κ3) is 1.55. The van der Waals surface area contributed by atoms with Crippen LogP contribution in [-0.2, 0) is 0 Å². The Bertz CT molecular complexity index is 530. The molecule has 1 spiro atoms. The average molecular weight is 300 g/mol. The second-order valence-electron chi connectivity index (χ2n) is 9.93. The number of allylic oxidation sites excluding steroid dienone is 1. The zero-order valence-electron chi connectivity index (χ0n) is 14.4. The molecule has 1 nitrogen and oxygen atoms in total. The largest absolute Gasteiger partial charge is 0.393 e. The molecule has 0 aliphatic heterocycles. The average Bonchev–Trinajstić information content (AvgIpc) is 3.22. The normalized spacial score (nSPS) is 55.1. The van der Waals surface area contributed by atoms with E-state index in [1.165, 1.54) is 51.4 Å². The summed E-state index contributed by atoms with van der Waals surface area (Å²) in [5.74, 6) is 2.85. The molecule has 0 heterocycles. The molecule has 0 amide bonds. The van der Waals surface area contributed by atoms with Gasteiger partial charge in [-0.3, -0.25) is 0 Å². The number of hydrogen-bond donors (Lipinski definition) is 1. The summed E-state index contributed by atoms with van der Waals surface area (Å²) in [5.41, 5.74) is 3.48. The lowest BCUT2D eigenvalue weighted by atomic mass is 9.47. The van der Waals surface area contributed by atoms with Crippen LogP contribution in [0.4, 0.5) is 0 Å². The summed E-state index contributed by atoms with van der Waals surface area (Å²) in [6, 6.07) is 0. The predicted octanol–water partition coefficient (Wildman–Crippen LogP) is 5.09. The molecule has 1 heteroatoms. The van der Waals surface area contributed by atoms with Gasteiger partial charge in [0.25, 0.3) is 0 Å². The van der Waals surface area contributed by atoms with Gasteiger partial charge >= 0.3 is 0 Å². The van der Waals surface area contributed by atoms with Crippen molar-refractivity contribution in [2.45, 2.75) is 84.2 Å². The van der Waals surface area contributed by atoms with Gasteiger partial charge in [0.1, 0.15) is 0 Å². The second kappa shape index (κ2) is 4.21. The van der Waals surface area contributed by atoms with Crippen molar-refractivity contribution in [3.63, 3.8) is 0 Å². The molecule has 0 aromatic carbocycles. The van der Waals surface area contributed by atoms with E-state index in [0.717, 1.165) is 36.0 Å². The smallest absolute Gasteiger partial charge is 0.0577 e. The minimum atomic E-state index is -0.0639. The van der Waals surface area contributed by atoms with Crippen molar-refractivity contribution in [2.24, 2.45) is 34.0 Å². The standard InChI is InChI=1S/C21H32O/c1-19-8-5-15(22)13-14(19)3-4-16-17(19)6-9-20(2)18(16)7-10-21(20)11-12-21/h3,15-18,22H,4-13H2,1-2H3/t15-,16?,17?,18?,19-,20-/m0/s1. The highest BCUT2D eigenvalue weighted by Crippen LogP contribution is 2.76. The van der Waals surface area contributed by atoms with Gasteiger partial charge < -0.3 is 5.11 Å². The van der Waals surface area contributed by atoms with Gasteiger partial charge in [-0.05, 0) is 98.2 Å². The fraction of sp³-hybridized carbons (Fsp3) is 0.905. The van der Waals surface area contributed by atoms with E-state index in [0.29, 0.717) is 10.8 Å². The van der Waals surface area contributed by atoms with E-state index in [2.05, 4.69) is 19.9 Å². The first-order valence-corrected chi connectivity index (χ1v) is 9.86. The number of aliphatic hydroxyl groups excluding tert-OH is 1. The molecule has 4 fully saturated rings. The SMILES string of the molecule is C[C@]12CC[C@H](O)CC1=CCC1C2CC[C@@]2(C)C1CCC21CC1. The van der Waals surface area contributed by atoms with Gasteiger partial charge in [-0.25, -0.2) is 0 Å². The van der Waals surface area contributed by atoms with Crippen molar-refractivity contribution in [3.05, 3.63) is 11.6 Å². The predicted molar refractivity (Wildman–Crippen MR) is 89.4 cm³/mol. The van der Waals surface area contributed by atoms with Crippen LogP contribution in [0.15, 0.2) is 11.6 Å². The molecule has 5 aliphatic carbocycles. The lowest BCUT2D eigenvalue weighted by molar-refractivity contribution is -0.0544. The maximum Gasteiger partial charge on any atom is 0.0577 e. The second-order valence-corrected chi connectivity index (χ2v) is 9.93. The first-order chi connectivity index (χ1) is 10.5. The maximum absolute atomic E-state index is 10.1. The van der Waals surface area contributed by atoms with Gasteiger partial charge in [-0.2, -0.15) is 0 Å². The first kappa shape index (κ1) is 14.1. The van der Waals surface area contributed by atoms with Crippen LogP contribution in [0, 0.1) is 34.0 Å². The van der Waals surface area contributed by atoms with Gasteiger partial charge in [-0.1, -0.05) is 25.5 Å². The van der Waals surface area contributed by atoms with Crippen LogP contribution in [0.1, 0.15) is 78.1 Å². The quantitative estimate of drug-likeness (QED) is 0.618. The summed E-state index contributed by atoms with van der Waals surface area (Å²) in [6.07, 6.45) is 16.1. The molecule has 122 valence electrons. The molecule has 0 aromatic rings. The summed E-state index contributed by atoms with van der Waals surface area (Å²) in [5, 5.41) is 10.1. The minimum Gasteiger partial charge on any atom is -0.393 e. The van der Waals surface area contributed by atoms with Gasteiger partial charge in [0.15, 0.2) is 0 Å². The molecule has 3 unspecified atom stereocenters. The summed E-state index contributed by atoms with van der Waals surface area (Å²) in [6.45, 7) is 5.21. The minimum absolute atomic E-state index is 0.0639. The third-order valence-electron chi connectivity index (χ3n) is 9.47. The molecule has 0 radical (unpaired) electrons. The molecule has 5 rings (SSSR count). The number of hydrogen-bond acceptors (Lipinski definition) is 1. The summed E-state index contributed by atoms with van der Waals surface area (Å²) in [4.78, 5) is 0. The zero-order chi connectivity index (χ0) is 15.2. The molecule has 0 saturated heterocycles. The maximum atomic E-state index is 10.1. The Morgan fingerprint density at radius 3 is 2.50 bits per heavy atom. The van der Waals surface area contributed by atoms with Crippen LogP contribution in [0.25, 0.3) is 0 Å². The Morgan fingerprint density at radius 1 is 0.955 bits per heavy atom. The van der Waals surface area contributed by atoms with Gasteiger partial charge in [0.2, 0.25) is 0 Å². The first-order valence-electron chi connectivity index (χ1n) is 9.86. The van der Waals surface area contributed by atoms with Crippen molar-refractivity contribution < 1.29 is 5.11 Å². The summed E-state index contributed by atoms with van der Waals surface area (Å²) >= 11 is 0. The van der Waals surface area contributed by atoms with E-state index in [1.807, 2.05) is 0 Å². The molecule has 4 saturated carbocycles. The van der Waals surface area contributed by atoms with Crippen LogP contribution in [0.2, 0.25) is 0 Å². The van der Waals surface area contributed by atoms with Crippen molar-refractivity contribution >= 4 is 0 Å². The zero-order valence-corrected chi connectivity index (χ0v) is 14.4. The number of aliphatic hydroxyl groups is 1. The Morgan fingerprint density at radius 2 is 1.73 bits per heavy atom.